The number of hydrogen-bond acceptors (Lipinski definition) is 7. The second-order valence-electron chi connectivity index (χ2n) is 13.4. The zero-order chi connectivity index (χ0) is 31.2. The van der Waals surface area contributed by atoms with Gasteiger partial charge in [-0.25, -0.2) is 9.59 Å². The zero-order valence-corrected chi connectivity index (χ0v) is 28.6. The lowest BCUT2D eigenvalue weighted by Crippen LogP contribution is -2.53. The van der Waals surface area contributed by atoms with Crippen LogP contribution < -0.4 is 10.6 Å². The van der Waals surface area contributed by atoms with Crippen molar-refractivity contribution in [2.24, 2.45) is 11.8 Å². The molecule has 2 rings (SSSR count). The quantitative estimate of drug-likeness (QED) is 0.205. The summed E-state index contributed by atoms with van der Waals surface area (Å²) in [6.07, 6.45) is 2.10. The van der Waals surface area contributed by atoms with E-state index in [-0.39, 0.29) is 28.8 Å². The minimum atomic E-state index is -2.34. The van der Waals surface area contributed by atoms with Crippen molar-refractivity contribution in [3.63, 3.8) is 0 Å². The number of methoxy groups -OCH3 is 1. The van der Waals surface area contributed by atoms with Gasteiger partial charge in [-0.2, -0.15) is 11.8 Å². The molecule has 0 aliphatic heterocycles. The third kappa shape index (κ3) is 9.75. The molecule has 2 N–H and O–H groups in total. The van der Waals surface area contributed by atoms with Gasteiger partial charge in [-0.05, 0) is 69.3 Å². The summed E-state index contributed by atoms with van der Waals surface area (Å²) in [6, 6.07) is 8.85. The summed E-state index contributed by atoms with van der Waals surface area (Å²) >= 11 is 1.61. The van der Waals surface area contributed by atoms with E-state index < -0.39 is 44.0 Å². The number of alkyl carbamates (subject to hydrolysis) is 1. The monoisotopic (exact) mass is 608 g/mol. The molecular formula is C31H52N2O6SSi. The van der Waals surface area contributed by atoms with Crippen LogP contribution in [0, 0.1) is 11.8 Å². The summed E-state index contributed by atoms with van der Waals surface area (Å²) in [5.41, 5.74) is 0.388. The van der Waals surface area contributed by atoms with E-state index in [1.807, 2.05) is 64.3 Å². The molecule has 1 saturated carbocycles. The van der Waals surface area contributed by atoms with Crippen molar-refractivity contribution in [3.8, 4) is 0 Å². The highest BCUT2D eigenvalue weighted by Crippen LogP contribution is 2.58. The van der Waals surface area contributed by atoms with Gasteiger partial charge >= 0.3 is 12.1 Å². The SMILES string of the molecule is CC[C@H](NC(=O)OC(C)(C)C)[C@H](O[Si](C)(C)C(C)(C)C)[C@H]1[C@H](C(=O)N[C@@H](CCSC)C(=O)OC)[C@H]1c1ccccc1. The number of carbonyl (C=O) groups excluding carboxylic acids is 3. The van der Waals surface area contributed by atoms with Crippen LogP contribution in [0.1, 0.15) is 72.8 Å². The molecule has 8 nitrogen and oxygen atoms in total. The third-order valence-corrected chi connectivity index (χ3v) is 13.2. The van der Waals surface area contributed by atoms with Gasteiger partial charge < -0.3 is 24.5 Å². The molecule has 0 bridgehead atoms. The lowest BCUT2D eigenvalue weighted by Gasteiger charge is -2.42. The third-order valence-electron chi connectivity index (χ3n) is 8.13. The first kappa shape index (κ1) is 35.2. The fraction of sp³-hybridized carbons (Fsp3) is 0.710. The molecule has 1 fully saturated rings. The average molecular weight is 609 g/mol. The first-order valence-corrected chi connectivity index (χ1v) is 18.9. The standard InChI is InChI=1S/C31H52N2O6SSi/c1-12-21(33-29(36)38-30(2,3)4)26(39-41(10,11)31(5,6)7)24-23(20-16-14-13-15-17-20)25(24)27(34)32-22(18-19-40-9)28(35)37-8/h13-17,21-26H,12,18-19H2,1-11H3,(H,32,34)(H,33,36)/t21-,22-,23-,24+,25+,26-/m0/s1. The van der Waals surface area contributed by atoms with Crippen LogP contribution in [-0.4, -0.2) is 69.2 Å². The number of thioether (sulfide) groups is 1. The fourth-order valence-corrected chi connectivity index (χ4v) is 6.73. The van der Waals surface area contributed by atoms with E-state index in [4.69, 9.17) is 13.9 Å². The highest BCUT2D eigenvalue weighted by Gasteiger charge is 2.62. The van der Waals surface area contributed by atoms with E-state index in [9.17, 15) is 14.4 Å². The first-order valence-electron chi connectivity index (χ1n) is 14.6. The van der Waals surface area contributed by atoms with Crippen LogP contribution in [0.15, 0.2) is 30.3 Å². The highest BCUT2D eigenvalue weighted by atomic mass is 32.2. The molecule has 0 saturated heterocycles. The van der Waals surface area contributed by atoms with Crippen LogP contribution in [0.2, 0.25) is 18.1 Å². The van der Waals surface area contributed by atoms with Crippen LogP contribution >= 0.6 is 11.8 Å². The molecule has 0 spiro atoms. The molecular weight excluding hydrogens is 557 g/mol. The summed E-state index contributed by atoms with van der Waals surface area (Å²) in [7, 11) is -0.999. The molecule has 1 aromatic carbocycles. The van der Waals surface area contributed by atoms with Crippen molar-refractivity contribution in [2.75, 3.05) is 19.1 Å². The van der Waals surface area contributed by atoms with Crippen LogP contribution in [0.5, 0.6) is 0 Å². The van der Waals surface area contributed by atoms with Gasteiger partial charge in [0.15, 0.2) is 8.32 Å². The maximum Gasteiger partial charge on any atom is 0.407 e. The number of rotatable bonds is 13. The molecule has 1 aliphatic carbocycles. The molecule has 0 aromatic heterocycles. The topological polar surface area (TPSA) is 103 Å². The number of amides is 2. The molecule has 0 unspecified atom stereocenters. The maximum absolute atomic E-state index is 13.9. The lowest BCUT2D eigenvalue weighted by atomic mass is 10.00. The smallest absolute Gasteiger partial charge is 0.407 e. The summed E-state index contributed by atoms with van der Waals surface area (Å²) in [4.78, 5) is 39.4. The molecule has 41 heavy (non-hydrogen) atoms. The fourth-order valence-electron chi connectivity index (χ4n) is 4.90. The van der Waals surface area contributed by atoms with Gasteiger partial charge in [0.05, 0.1) is 25.2 Å². The minimum absolute atomic E-state index is 0.0852. The normalized spacial score (nSPS) is 21.3. The Kier molecular flexibility index (Phi) is 12.4. The van der Waals surface area contributed by atoms with E-state index in [0.717, 1.165) is 5.56 Å². The number of benzene rings is 1. The summed E-state index contributed by atoms with van der Waals surface area (Å²) in [6.45, 7) is 18.4. The predicted octanol–water partition coefficient (Wildman–Crippen LogP) is 6.12. The molecule has 10 heteroatoms. The van der Waals surface area contributed by atoms with Crippen molar-refractivity contribution >= 4 is 38.0 Å². The lowest BCUT2D eigenvalue weighted by molar-refractivity contribution is -0.145. The average Bonchev–Trinajstić information content (AvgIpc) is 3.62. The van der Waals surface area contributed by atoms with Gasteiger partial charge in [0.1, 0.15) is 11.6 Å². The van der Waals surface area contributed by atoms with E-state index >= 15 is 0 Å². The molecule has 0 radical (unpaired) electrons. The number of nitrogens with one attached hydrogen (secondary N) is 2. The maximum atomic E-state index is 13.9. The summed E-state index contributed by atoms with van der Waals surface area (Å²) in [5, 5.41) is 5.98. The Labute approximate surface area is 252 Å². The van der Waals surface area contributed by atoms with Crippen LogP contribution in [0.4, 0.5) is 4.79 Å². The Bertz CT molecular complexity index is 1020. The second-order valence-corrected chi connectivity index (χ2v) is 19.2. The molecule has 0 heterocycles. The van der Waals surface area contributed by atoms with Crippen molar-refractivity contribution < 1.29 is 28.3 Å². The Morgan fingerprint density at radius 1 is 1.02 bits per heavy atom. The number of ether oxygens (including phenoxy) is 2. The largest absolute Gasteiger partial charge is 0.467 e. The number of hydrogen-bond donors (Lipinski definition) is 2. The van der Waals surface area contributed by atoms with Crippen molar-refractivity contribution in [1.82, 2.24) is 10.6 Å². The number of esters is 1. The second kappa shape index (κ2) is 14.4. The predicted molar refractivity (Wildman–Crippen MR) is 169 cm³/mol. The zero-order valence-electron chi connectivity index (χ0n) is 26.8. The van der Waals surface area contributed by atoms with Crippen LogP contribution in [0.25, 0.3) is 0 Å². The molecule has 1 aromatic rings. The molecule has 232 valence electrons. The van der Waals surface area contributed by atoms with Gasteiger partial charge in [0.25, 0.3) is 0 Å². The van der Waals surface area contributed by atoms with E-state index in [1.54, 1.807) is 11.8 Å². The molecule has 1 aliphatic rings. The first-order chi connectivity index (χ1) is 19.0. The van der Waals surface area contributed by atoms with Crippen LogP contribution in [0.3, 0.4) is 0 Å². The van der Waals surface area contributed by atoms with Gasteiger partial charge in [-0.3, -0.25) is 4.79 Å². The van der Waals surface area contributed by atoms with Gasteiger partial charge in [-0.15, -0.1) is 0 Å². The van der Waals surface area contributed by atoms with Crippen molar-refractivity contribution in [2.45, 2.75) is 109 Å². The van der Waals surface area contributed by atoms with E-state index in [0.29, 0.717) is 18.6 Å². The molecule has 2 amide bonds. The van der Waals surface area contributed by atoms with Crippen molar-refractivity contribution in [1.29, 1.82) is 0 Å². The Morgan fingerprint density at radius 3 is 2.12 bits per heavy atom. The molecule has 6 atom stereocenters. The number of carbonyl (C=O) groups is 3. The van der Waals surface area contributed by atoms with Crippen LogP contribution in [-0.2, 0) is 23.5 Å². The Balaban J connectivity index is 2.51. The van der Waals surface area contributed by atoms with Crippen molar-refractivity contribution in [3.05, 3.63) is 35.9 Å². The minimum Gasteiger partial charge on any atom is -0.467 e. The van der Waals surface area contributed by atoms with Gasteiger partial charge in [-0.1, -0.05) is 58.0 Å². The van der Waals surface area contributed by atoms with E-state index in [2.05, 4.69) is 44.5 Å². The highest BCUT2D eigenvalue weighted by molar-refractivity contribution is 7.98. The van der Waals surface area contributed by atoms with Gasteiger partial charge in [0.2, 0.25) is 5.91 Å². The Hall–Kier alpha value is -2.04. The Morgan fingerprint density at radius 2 is 1.63 bits per heavy atom. The van der Waals surface area contributed by atoms with E-state index in [1.165, 1.54) is 7.11 Å². The summed E-state index contributed by atoms with van der Waals surface area (Å²) < 4.78 is 17.7. The summed E-state index contributed by atoms with van der Waals surface area (Å²) in [5.74, 6) is -0.692. The van der Waals surface area contributed by atoms with Gasteiger partial charge in [0, 0.05) is 11.8 Å².